The topological polar surface area (TPSA) is 30.7 Å². The third-order valence-electron chi connectivity index (χ3n) is 3.80. The first-order valence-corrected chi connectivity index (χ1v) is 9.65. The summed E-state index contributed by atoms with van der Waals surface area (Å²) in [5.41, 5.74) is 1.11. The van der Waals surface area contributed by atoms with Crippen molar-refractivity contribution >= 4 is 27.7 Å². The van der Waals surface area contributed by atoms with E-state index in [1.54, 1.807) is 0 Å². The van der Waals surface area contributed by atoms with Gasteiger partial charge in [0.1, 0.15) is 0 Å². The zero-order chi connectivity index (χ0) is 18.7. The number of hydrogen-bond donors (Lipinski definition) is 0. The van der Waals surface area contributed by atoms with Crippen LogP contribution >= 0.6 is 27.7 Å². The predicted molar refractivity (Wildman–Crippen MR) is 99.8 cm³/mol. The number of thioether (sulfide) groups is 1. The first-order chi connectivity index (χ1) is 12.4. The molecule has 26 heavy (non-hydrogen) atoms. The number of nitrogens with zero attached hydrogens (tertiary/aromatic N) is 3. The second-order valence-electron chi connectivity index (χ2n) is 5.51. The lowest BCUT2D eigenvalue weighted by molar-refractivity contribution is -0.137. The molecule has 0 spiro atoms. The SMILES string of the molecule is CCn1c(SCc2ccc(C(F)(F)F)cc2)nnc1-c1ccccc1Br. The van der Waals surface area contributed by atoms with Gasteiger partial charge < -0.3 is 4.57 Å². The monoisotopic (exact) mass is 441 g/mol. The van der Waals surface area contributed by atoms with E-state index in [9.17, 15) is 13.2 Å². The minimum absolute atomic E-state index is 0.520. The van der Waals surface area contributed by atoms with Crippen LogP contribution in [0.2, 0.25) is 0 Å². The van der Waals surface area contributed by atoms with Crippen LogP contribution in [0.4, 0.5) is 13.2 Å². The highest BCUT2D eigenvalue weighted by atomic mass is 79.9. The fourth-order valence-corrected chi connectivity index (χ4v) is 3.88. The van der Waals surface area contributed by atoms with E-state index in [2.05, 4.69) is 26.1 Å². The van der Waals surface area contributed by atoms with Crippen LogP contribution < -0.4 is 0 Å². The Hall–Kier alpha value is -1.80. The molecule has 1 aromatic heterocycles. The van der Waals surface area contributed by atoms with Crippen LogP contribution in [-0.4, -0.2) is 14.8 Å². The van der Waals surface area contributed by atoms with Gasteiger partial charge in [-0.05, 0) is 30.7 Å². The van der Waals surface area contributed by atoms with E-state index in [0.717, 1.165) is 38.7 Å². The van der Waals surface area contributed by atoms with Crippen LogP contribution in [0, 0.1) is 0 Å². The number of aromatic nitrogens is 3. The Bertz CT molecular complexity index is 891. The molecule has 0 unspecified atom stereocenters. The molecule has 1 heterocycles. The maximum atomic E-state index is 12.6. The number of alkyl halides is 3. The molecule has 0 atom stereocenters. The maximum Gasteiger partial charge on any atom is 0.416 e. The van der Waals surface area contributed by atoms with Gasteiger partial charge in [-0.15, -0.1) is 10.2 Å². The Morgan fingerprint density at radius 2 is 1.73 bits per heavy atom. The van der Waals surface area contributed by atoms with Crippen molar-refractivity contribution in [3.05, 3.63) is 64.1 Å². The van der Waals surface area contributed by atoms with Gasteiger partial charge in [0.05, 0.1) is 5.56 Å². The molecule has 3 rings (SSSR count). The van der Waals surface area contributed by atoms with Gasteiger partial charge >= 0.3 is 6.18 Å². The number of rotatable bonds is 5. The Morgan fingerprint density at radius 1 is 1.04 bits per heavy atom. The van der Waals surface area contributed by atoms with Gasteiger partial charge in [0.25, 0.3) is 0 Å². The second kappa shape index (κ2) is 7.84. The molecule has 0 amide bonds. The van der Waals surface area contributed by atoms with Crippen molar-refractivity contribution in [2.24, 2.45) is 0 Å². The third-order valence-corrected chi connectivity index (χ3v) is 5.53. The molecule has 3 nitrogen and oxygen atoms in total. The summed E-state index contributed by atoms with van der Waals surface area (Å²) in [6.45, 7) is 2.70. The normalized spacial score (nSPS) is 11.7. The van der Waals surface area contributed by atoms with Crippen molar-refractivity contribution in [1.29, 1.82) is 0 Å². The third kappa shape index (κ3) is 4.12. The van der Waals surface area contributed by atoms with E-state index >= 15 is 0 Å². The van der Waals surface area contributed by atoms with Crippen molar-refractivity contribution in [3.8, 4) is 11.4 Å². The molecular weight excluding hydrogens is 427 g/mol. The van der Waals surface area contributed by atoms with Crippen molar-refractivity contribution in [2.75, 3.05) is 0 Å². The zero-order valence-corrected chi connectivity index (χ0v) is 16.2. The van der Waals surface area contributed by atoms with E-state index in [1.165, 1.54) is 23.9 Å². The summed E-state index contributed by atoms with van der Waals surface area (Å²) in [5, 5.41) is 9.28. The molecule has 0 N–H and O–H groups in total. The van der Waals surface area contributed by atoms with Gasteiger partial charge in [0, 0.05) is 22.3 Å². The first-order valence-electron chi connectivity index (χ1n) is 7.87. The molecule has 0 saturated carbocycles. The summed E-state index contributed by atoms with van der Waals surface area (Å²) in [7, 11) is 0. The Kier molecular flexibility index (Phi) is 5.72. The van der Waals surface area contributed by atoms with Crippen LogP contribution in [0.15, 0.2) is 58.2 Å². The number of benzene rings is 2. The standard InChI is InChI=1S/C18H15BrF3N3S/c1-2-25-16(14-5-3-4-6-15(14)19)23-24-17(25)26-11-12-7-9-13(10-8-12)18(20,21)22/h3-10H,2,11H2,1H3. The van der Waals surface area contributed by atoms with Gasteiger partial charge in [0.2, 0.25) is 0 Å². The highest BCUT2D eigenvalue weighted by Gasteiger charge is 2.29. The van der Waals surface area contributed by atoms with Crippen LogP contribution in [0.3, 0.4) is 0 Å². The summed E-state index contributed by atoms with van der Waals surface area (Å²) in [4.78, 5) is 0. The minimum Gasteiger partial charge on any atom is -0.302 e. The highest BCUT2D eigenvalue weighted by molar-refractivity contribution is 9.10. The minimum atomic E-state index is -4.31. The molecule has 136 valence electrons. The maximum absolute atomic E-state index is 12.6. The van der Waals surface area contributed by atoms with E-state index in [4.69, 9.17) is 0 Å². The van der Waals surface area contributed by atoms with Crippen molar-refractivity contribution in [2.45, 2.75) is 30.6 Å². The lowest BCUT2D eigenvalue weighted by Gasteiger charge is -2.09. The summed E-state index contributed by atoms with van der Waals surface area (Å²) in [6, 6.07) is 13.0. The second-order valence-corrected chi connectivity index (χ2v) is 7.31. The molecule has 0 fully saturated rings. The average Bonchev–Trinajstić information content (AvgIpc) is 3.02. The molecule has 2 aromatic carbocycles. The van der Waals surface area contributed by atoms with Gasteiger partial charge in [0.15, 0.2) is 11.0 Å². The number of halogens is 4. The van der Waals surface area contributed by atoms with Crippen molar-refractivity contribution in [1.82, 2.24) is 14.8 Å². The summed E-state index contributed by atoms with van der Waals surface area (Å²) >= 11 is 4.98. The van der Waals surface area contributed by atoms with E-state index in [0.29, 0.717) is 12.3 Å². The Balaban J connectivity index is 1.78. The quantitative estimate of drug-likeness (QED) is 0.452. The summed E-state index contributed by atoms with van der Waals surface area (Å²) < 4.78 is 40.8. The van der Waals surface area contributed by atoms with Crippen LogP contribution in [0.1, 0.15) is 18.1 Å². The Labute approximate surface area is 161 Å². The molecule has 3 aromatic rings. The molecule has 0 saturated heterocycles. The molecule has 8 heteroatoms. The largest absolute Gasteiger partial charge is 0.416 e. The van der Waals surface area contributed by atoms with Crippen molar-refractivity contribution < 1.29 is 13.2 Å². The molecule has 0 aliphatic heterocycles. The molecule has 0 aliphatic rings. The number of hydrogen-bond acceptors (Lipinski definition) is 3. The van der Waals surface area contributed by atoms with Crippen LogP contribution in [0.25, 0.3) is 11.4 Å². The molecular formula is C18H15BrF3N3S. The van der Waals surface area contributed by atoms with E-state index < -0.39 is 11.7 Å². The fourth-order valence-electron chi connectivity index (χ4n) is 2.46. The van der Waals surface area contributed by atoms with Crippen molar-refractivity contribution in [3.63, 3.8) is 0 Å². The molecule has 0 bridgehead atoms. The zero-order valence-electron chi connectivity index (χ0n) is 13.8. The summed E-state index contributed by atoms with van der Waals surface area (Å²) in [6.07, 6.45) is -4.31. The van der Waals surface area contributed by atoms with Crippen LogP contribution in [-0.2, 0) is 18.5 Å². The highest BCUT2D eigenvalue weighted by Crippen LogP contribution is 2.32. The van der Waals surface area contributed by atoms with Gasteiger partial charge in [-0.25, -0.2) is 0 Å². The molecule has 0 radical (unpaired) electrons. The predicted octanol–water partition coefficient (Wildman–Crippen LogP) is 6.04. The summed E-state index contributed by atoms with van der Waals surface area (Å²) in [5.74, 6) is 1.28. The average molecular weight is 442 g/mol. The molecule has 0 aliphatic carbocycles. The lowest BCUT2D eigenvalue weighted by atomic mass is 10.1. The van der Waals surface area contributed by atoms with Gasteiger partial charge in [-0.3, -0.25) is 0 Å². The fraction of sp³-hybridized carbons (Fsp3) is 0.222. The Morgan fingerprint density at radius 3 is 2.35 bits per heavy atom. The van der Waals surface area contributed by atoms with E-state index in [-0.39, 0.29) is 0 Å². The van der Waals surface area contributed by atoms with Gasteiger partial charge in [-0.1, -0.05) is 58.0 Å². The first kappa shape index (κ1) is 19.0. The smallest absolute Gasteiger partial charge is 0.302 e. The van der Waals surface area contributed by atoms with E-state index in [1.807, 2.05) is 35.8 Å². The van der Waals surface area contributed by atoms with Gasteiger partial charge in [-0.2, -0.15) is 13.2 Å². The van der Waals surface area contributed by atoms with Crippen LogP contribution in [0.5, 0.6) is 0 Å². The lowest BCUT2D eigenvalue weighted by Crippen LogP contribution is -2.04.